The minimum absolute atomic E-state index is 0.135. The van der Waals surface area contributed by atoms with Gasteiger partial charge in [-0.15, -0.1) is 0 Å². The molecule has 2 N–H and O–H groups in total. The van der Waals surface area contributed by atoms with E-state index in [-0.39, 0.29) is 24.9 Å². The number of β-amino-alcohol motifs (C(OH)–C–C–N with tert-alkyl or cyclic N) is 1. The second kappa shape index (κ2) is 8.47. The third-order valence-corrected chi connectivity index (χ3v) is 3.58. The lowest BCUT2D eigenvalue weighted by molar-refractivity contribution is -0.0636. The molecule has 24 heavy (non-hydrogen) atoms. The second-order valence-corrected chi connectivity index (χ2v) is 8.35. The van der Waals surface area contributed by atoms with Gasteiger partial charge in [-0.3, -0.25) is 4.90 Å². The zero-order chi connectivity index (χ0) is 18.5. The van der Waals surface area contributed by atoms with Gasteiger partial charge in [-0.1, -0.05) is 0 Å². The van der Waals surface area contributed by atoms with E-state index in [9.17, 15) is 15.0 Å². The first-order valence-corrected chi connectivity index (χ1v) is 8.56. The molecule has 1 aliphatic rings. The molecule has 1 aliphatic heterocycles. The fourth-order valence-electron chi connectivity index (χ4n) is 2.50. The van der Waals surface area contributed by atoms with Crippen LogP contribution in [-0.4, -0.2) is 88.8 Å². The summed E-state index contributed by atoms with van der Waals surface area (Å²) in [4.78, 5) is 15.8. The quantitative estimate of drug-likeness (QED) is 0.775. The highest BCUT2D eigenvalue weighted by atomic mass is 16.6. The first kappa shape index (κ1) is 21.2. The summed E-state index contributed by atoms with van der Waals surface area (Å²) < 4.78 is 11.0. The molecule has 1 fully saturated rings. The lowest BCUT2D eigenvalue weighted by Crippen LogP contribution is -2.58. The Morgan fingerprint density at radius 2 is 1.79 bits per heavy atom. The predicted molar refractivity (Wildman–Crippen MR) is 92.0 cm³/mol. The Morgan fingerprint density at radius 1 is 1.17 bits per heavy atom. The zero-order valence-corrected chi connectivity index (χ0v) is 15.9. The number of amides is 1. The first-order chi connectivity index (χ1) is 10.9. The van der Waals surface area contributed by atoms with Crippen LogP contribution in [-0.2, 0) is 9.47 Å². The molecule has 142 valence electrons. The smallest absolute Gasteiger partial charge is 0.410 e. The Kier molecular flexibility index (Phi) is 7.46. The van der Waals surface area contributed by atoms with Crippen molar-refractivity contribution in [2.75, 3.05) is 39.4 Å². The standard InChI is InChI=1S/C17H34N2O5/c1-16(2,3)23-12-14(21)10-18-7-8-19(13(9-18)11-20)15(22)24-17(4,5)6/h13-14,20-21H,7-12H2,1-6H3. The number of nitrogens with zero attached hydrogens (tertiary/aromatic N) is 2. The van der Waals surface area contributed by atoms with E-state index in [1.54, 1.807) is 4.90 Å². The number of aliphatic hydroxyl groups excluding tert-OH is 2. The van der Waals surface area contributed by atoms with Crippen molar-refractivity contribution < 1.29 is 24.5 Å². The van der Waals surface area contributed by atoms with Gasteiger partial charge in [-0.05, 0) is 41.5 Å². The minimum atomic E-state index is -0.600. The summed E-state index contributed by atoms with van der Waals surface area (Å²) in [6.07, 6.45) is -1.01. The Labute approximate surface area is 145 Å². The van der Waals surface area contributed by atoms with Gasteiger partial charge in [-0.2, -0.15) is 0 Å². The van der Waals surface area contributed by atoms with Crippen molar-refractivity contribution in [3.63, 3.8) is 0 Å². The molecular weight excluding hydrogens is 312 g/mol. The summed E-state index contributed by atoms with van der Waals surface area (Å²) in [6, 6.07) is -0.329. The van der Waals surface area contributed by atoms with E-state index in [2.05, 4.69) is 0 Å². The topological polar surface area (TPSA) is 82.5 Å². The van der Waals surface area contributed by atoms with E-state index in [0.29, 0.717) is 26.2 Å². The lowest BCUT2D eigenvalue weighted by Gasteiger charge is -2.41. The number of rotatable bonds is 5. The van der Waals surface area contributed by atoms with Gasteiger partial charge in [0, 0.05) is 26.2 Å². The summed E-state index contributed by atoms with van der Waals surface area (Å²) in [6.45, 7) is 13.5. The van der Waals surface area contributed by atoms with E-state index in [4.69, 9.17) is 9.47 Å². The molecular formula is C17H34N2O5. The van der Waals surface area contributed by atoms with Crippen molar-refractivity contribution in [1.82, 2.24) is 9.80 Å². The lowest BCUT2D eigenvalue weighted by atomic mass is 10.1. The molecule has 1 heterocycles. The summed E-state index contributed by atoms with van der Waals surface area (Å²) in [7, 11) is 0. The molecule has 0 aromatic carbocycles. The second-order valence-electron chi connectivity index (χ2n) is 8.35. The monoisotopic (exact) mass is 346 g/mol. The molecule has 2 atom stereocenters. The summed E-state index contributed by atoms with van der Waals surface area (Å²) in [5.74, 6) is 0. The van der Waals surface area contributed by atoms with Crippen LogP contribution >= 0.6 is 0 Å². The number of aliphatic hydroxyl groups is 2. The van der Waals surface area contributed by atoms with Gasteiger partial charge in [0.2, 0.25) is 0 Å². The molecule has 1 amide bonds. The van der Waals surface area contributed by atoms with Gasteiger partial charge in [0.25, 0.3) is 0 Å². The van der Waals surface area contributed by atoms with Gasteiger partial charge in [0.05, 0.1) is 31.0 Å². The Hall–Kier alpha value is -0.890. The van der Waals surface area contributed by atoms with Crippen LogP contribution in [0.5, 0.6) is 0 Å². The third kappa shape index (κ3) is 7.79. The van der Waals surface area contributed by atoms with Crippen molar-refractivity contribution in [1.29, 1.82) is 0 Å². The molecule has 7 heteroatoms. The maximum atomic E-state index is 12.2. The fourth-order valence-corrected chi connectivity index (χ4v) is 2.50. The Balaban J connectivity index is 2.51. The minimum Gasteiger partial charge on any atom is -0.444 e. The average molecular weight is 346 g/mol. The van der Waals surface area contributed by atoms with E-state index in [0.717, 1.165) is 0 Å². The van der Waals surface area contributed by atoms with E-state index in [1.165, 1.54) is 0 Å². The van der Waals surface area contributed by atoms with Crippen LogP contribution in [0.4, 0.5) is 4.79 Å². The van der Waals surface area contributed by atoms with Gasteiger partial charge in [0.1, 0.15) is 5.60 Å². The third-order valence-electron chi connectivity index (χ3n) is 3.58. The van der Waals surface area contributed by atoms with Crippen molar-refractivity contribution in [2.24, 2.45) is 0 Å². The van der Waals surface area contributed by atoms with Gasteiger partial charge in [0.15, 0.2) is 0 Å². The van der Waals surface area contributed by atoms with Crippen LogP contribution in [0.3, 0.4) is 0 Å². The van der Waals surface area contributed by atoms with Crippen LogP contribution < -0.4 is 0 Å². The molecule has 0 saturated carbocycles. The Morgan fingerprint density at radius 3 is 2.29 bits per heavy atom. The highest BCUT2D eigenvalue weighted by Crippen LogP contribution is 2.16. The molecule has 1 rings (SSSR count). The molecule has 0 aliphatic carbocycles. The molecule has 2 unspecified atom stereocenters. The van der Waals surface area contributed by atoms with Crippen LogP contribution in [0, 0.1) is 0 Å². The molecule has 0 aromatic rings. The highest BCUT2D eigenvalue weighted by molar-refractivity contribution is 5.68. The highest BCUT2D eigenvalue weighted by Gasteiger charge is 2.33. The average Bonchev–Trinajstić information content (AvgIpc) is 2.42. The van der Waals surface area contributed by atoms with E-state index >= 15 is 0 Å². The maximum Gasteiger partial charge on any atom is 0.410 e. The van der Waals surface area contributed by atoms with Crippen molar-refractivity contribution >= 4 is 6.09 Å². The normalized spacial score (nSPS) is 21.7. The molecule has 0 bridgehead atoms. The molecule has 0 radical (unpaired) electrons. The predicted octanol–water partition coefficient (Wildman–Crippen LogP) is 1.08. The zero-order valence-electron chi connectivity index (χ0n) is 15.9. The summed E-state index contributed by atoms with van der Waals surface area (Å²) >= 11 is 0. The van der Waals surface area contributed by atoms with Crippen LogP contribution in [0.2, 0.25) is 0 Å². The van der Waals surface area contributed by atoms with Crippen LogP contribution in [0.1, 0.15) is 41.5 Å². The molecule has 1 saturated heterocycles. The number of hydrogen-bond donors (Lipinski definition) is 2. The molecule has 0 aromatic heterocycles. The number of piperazine rings is 1. The number of carbonyl (C=O) groups is 1. The van der Waals surface area contributed by atoms with E-state index in [1.807, 2.05) is 46.4 Å². The maximum absolute atomic E-state index is 12.2. The van der Waals surface area contributed by atoms with Gasteiger partial charge < -0.3 is 24.6 Å². The van der Waals surface area contributed by atoms with Gasteiger partial charge in [-0.25, -0.2) is 4.79 Å². The van der Waals surface area contributed by atoms with Crippen molar-refractivity contribution in [2.45, 2.75) is 64.9 Å². The van der Waals surface area contributed by atoms with Crippen LogP contribution in [0.15, 0.2) is 0 Å². The number of ether oxygens (including phenoxy) is 2. The Bertz CT molecular complexity index is 403. The number of hydrogen-bond acceptors (Lipinski definition) is 6. The fraction of sp³-hybridized carbons (Fsp3) is 0.941. The number of carbonyl (C=O) groups excluding carboxylic acids is 1. The summed E-state index contributed by atoms with van der Waals surface area (Å²) in [5.41, 5.74) is -0.848. The van der Waals surface area contributed by atoms with Crippen molar-refractivity contribution in [3.8, 4) is 0 Å². The van der Waals surface area contributed by atoms with Crippen LogP contribution in [0.25, 0.3) is 0 Å². The largest absolute Gasteiger partial charge is 0.444 e. The van der Waals surface area contributed by atoms with Gasteiger partial charge >= 0.3 is 6.09 Å². The van der Waals surface area contributed by atoms with E-state index < -0.39 is 17.8 Å². The molecule has 0 spiro atoms. The SMILES string of the molecule is CC(C)(C)OCC(O)CN1CCN(C(=O)OC(C)(C)C)C(CO)C1. The molecule has 7 nitrogen and oxygen atoms in total. The first-order valence-electron chi connectivity index (χ1n) is 8.56. The summed E-state index contributed by atoms with van der Waals surface area (Å²) in [5, 5.41) is 19.7. The van der Waals surface area contributed by atoms with Crippen molar-refractivity contribution in [3.05, 3.63) is 0 Å².